The Hall–Kier alpha value is -3.43. The summed E-state index contributed by atoms with van der Waals surface area (Å²) in [4.78, 5) is 44.0. The van der Waals surface area contributed by atoms with Gasteiger partial charge in [-0.25, -0.2) is 9.18 Å². The molecular formula is C30H36ClFN4O4. The normalized spacial score (nSPS) is 19.6. The van der Waals surface area contributed by atoms with Gasteiger partial charge in [-0.15, -0.1) is 0 Å². The number of benzene rings is 2. The molecular weight excluding hydrogens is 535 g/mol. The van der Waals surface area contributed by atoms with Gasteiger partial charge in [-0.3, -0.25) is 14.5 Å². The Morgan fingerprint density at radius 1 is 1.07 bits per heavy atom. The van der Waals surface area contributed by atoms with Gasteiger partial charge in [0.25, 0.3) is 0 Å². The minimum atomic E-state index is -0.626. The fourth-order valence-corrected chi connectivity index (χ4v) is 5.38. The van der Waals surface area contributed by atoms with Gasteiger partial charge in [0.15, 0.2) is 0 Å². The molecule has 4 rings (SSSR count). The van der Waals surface area contributed by atoms with E-state index in [1.807, 2.05) is 38.7 Å². The van der Waals surface area contributed by atoms with Gasteiger partial charge in [0, 0.05) is 56.4 Å². The molecule has 2 fully saturated rings. The first-order valence-electron chi connectivity index (χ1n) is 13.3. The van der Waals surface area contributed by atoms with E-state index in [2.05, 4.69) is 10.2 Å². The van der Waals surface area contributed by atoms with Crippen LogP contribution in [0.3, 0.4) is 0 Å². The lowest BCUT2D eigenvalue weighted by atomic mass is 9.99. The van der Waals surface area contributed by atoms with Crippen LogP contribution in [0.2, 0.25) is 5.02 Å². The number of hydrogen-bond donors (Lipinski definition) is 1. The molecule has 0 aliphatic carbocycles. The highest BCUT2D eigenvalue weighted by atomic mass is 35.5. The topological polar surface area (TPSA) is 82.2 Å². The summed E-state index contributed by atoms with van der Waals surface area (Å²) in [7, 11) is 0. The Morgan fingerprint density at radius 3 is 2.27 bits per heavy atom. The number of anilines is 1. The monoisotopic (exact) mass is 570 g/mol. The van der Waals surface area contributed by atoms with Crippen LogP contribution >= 0.6 is 11.6 Å². The van der Waals surface area contributed by atoms with Crippen LogP contribution in [0.1, 0.15) is 44.4 Å². The molecule has 2 unspecified atom stereocenters. The highest BCUT2D eigenvalue weighted by Crippen LogP contribution is 2.29. The number of carbonyl (C=O) groups excluding carboxylic acids is 3. The Bertz CT molecular complexity index is 1290. The van der Waals surface area contributed by atoms with E-state index in [1.165, 1.54) is 25.1 Å². The molecule has 2 aliphatic rings. The third-order valence-corrected chi connectivity index (χ3v) is 7.27. The lowest BCUT2D eigenvalue weighted by Crippen LogP contribution is -2.70. The molecule has 0 spiro atoms. The van der Waals surface area contributed by atoms with Crippen LogP contribution < -0.4 is 5.32 Å². The van der Waals surface area contributed by atoms with E-state index < -0.39 is 11.7 Å². The molecule has 3 amide bonds. The SMILES string of the molecule is CC(=O)Nc1cc(Cl)c(C)cc1C=CC(=O)N1C2CN(Cc3ccc(F)cc3)CC1CN(C(=O)OC(C)(C)C)C2. The van der Waals surface area contributed by atoms with E-state index in [9.17, 15) is 18.8 Å². The lowest BCUT2D eigenvalue weighted by Gasteiger charge is -2.52. The zero-order valence-corrected chi connectivity index (χ0v) is 24.3. The number of carbonyl (C=O) groups is 3. The maximum atomic E-state index is 13.6. The predicted molar refractivity (Wildman–Crippen MR) is 153 cm³/mol. The average molecular weight is 571 g/mol. The molecule has 2 saturated heterocycles. The molecule has 0 saturated carbocycles. The van der Waals surface area contributed by atoms with Gasteiger partial charge < -0.3 is 19.9 Å². The third kappa shape index (κ3) is 7.40. The van der Waals surface area contributed by atoms with E-state index in [1.54, 1.807) is 29.2 Å². The van der Waals surface area contributed by atoms with Crippen molar-refractivity contribution in [1.82, 2.24) is 14.7 Å². The smallest absolute Gasteiger partial charge is 0.410 e. The van der Waals surface area contributed by atoms with Crippen molar-refractivity contribution in [2.75, 3.05) is 31.5 Å². The van der Waals surface area contributed by atoms with Crippen LogP contribution in [0.4, 0.5) is 14.9 Å². The summed E-state index contributed by atoms with van der Waals surface area (Å²) >= 11 is 6.26. The number of piperazine rings is 2. The molecule has 8 nitrogen and oxygen atoms in total. The van der Waals surface area contributed by atoms with Crippen LogP contribution in [0, 0.1) is 12.7 Å². The number of halogens is 2. The van der Waals surface area contributed by atoms with Crippen LogP contribution in [-0.2, 0) is 20.9 Å². The van der Waals surface area contributed by atoms with Gasteiger partial charge in [-0.2, -0.15) is 0 Å². The van der Waals surface area contributed by atoms with E-state index in [0.29, 0.717) is 49.0 Å². The van der Waals surface area contributed by atoms with Gasteiger partial charge >= 0.3 is 6.09 Å². The Morgan fingerprint density at radius 2 is 1.70 bits per heavy atom. The van der Waals surface area contributed by atoms with Crippen LogP contribution in [0.25, 0.3) is 6.08 Å². The molecule has 10 heteroatoms. The summed E-state index contributed by atoms with van der Waals surface area (Å²) in [6, 6.07) is 9.38. The Labute approximate surface area is 239 Å². The third-order valence-electron chi connectivity index (χ3n) is 6.86. The largest absolute Gasteiger partial charge is 0.444 e. The predicted octanol–water partition coefficient (Wildman–Crippen LogP) is 5.09. The maximum Gasteiger partial charge on any atom is 0.410 e. The van der Waals surface area contributed by atoms with Gasteiger partial charge in [0.1, 0.15) is 11.4 Å². The van der Waals surface area contributed by atoms with Crippen molar-refractivity contribution in [3.63, 3.8) is 0 Å². The number of nitrogens with one attached hydrogen (secondary N) is 1. The van der Waals surface area contributed by atoms with Crippen molar-refractivity contribution < 1.29 is 23.5 Å². The molecule has 0 radical (unpaired) electrons. The molecule has 2 aliphatic heterocycles. The maximum absolute atomic E-state index is 13.6. The molecule has 1 N–H and O–H groups in total. The zero-order chi connectivity index (χ0) is 29.2. The summed E-state index contributed by atoms with van der Waals surface area (Å²) in [6.07, 6.45) is 2.80. The second-order valence-corrected chi connectivity index (χ2v) is 11.9. The molecule has 2 atom stereocenters. The van der Waals surface area contributed by atoms with Gasteiger partial charge in [0.05, 0.1) is 12.1 Å². The van der Waals surface area contributed by atoms with Crippen LogP contribution in [0.5, 0.6) is 0 Å². The summed E-state index contributed by atoms with van der Waals surface area (Å²) in [5.74, 6) is -0.704. The fourth-order valence-electron chi connectivity index (χ4n) is 5.22. The molecule has 2 bridgehead atoms. The number of ether oxygens (including phenoxy) is 1. The molecule has 2 heterocycles. The van der Waals surface area contributed by atoms with Crippen LogP contribution in [-0.4, -0.2) is 76.5 Å². The standard InChI is InChI=1S/C30H36ClFN4O4/c1-19-12-22(27(13-26(19)31)33-20(2)37)8-11-28(38)36-24-15-34(14-21-6-9-23(32)10-7-21)16-25(36)18-35(17-24)29(39)40-30(3,4)5/h6-13,24-25H,14-18H2,1-5H3,(H,33,37). The summed E-state index contributed by atoms with van der Waals surface area (Å²) < 4.78 is 19.0. The Balaban J connectivity index is 1.56. The molecule has 0 aromatic heterocycles. The van der Waals surface area contributed by atoms with Gasteiger partial charge in [-0.05, 0) is 74.7 Å². The van der Waals surface area contributed by atoms with Crippen molar-refractivity contribution >= 4 is 41.3 Å². The van der Waals surface area contributed by atoms with E-state index in [0.717, 1.165) is 11.1 Å². The van der Waals surface area contributed by atoms with Crippen molar-refractivity contribution in [3.05, 3.63) is 70.0 Å². The second kappa shape index (κ2) is 12.0. The van der Waals surface area contributed by atoms with Crippen molar-refractivity contribution in [1.29, 1.82) is 0 Å². The number of rotatable bonds is 5. The molecule has 214 valence electrons. The van der Waals surface area contributed by atoms with Crippen molar-refractivity contribution in [3.8, 4) is 0 Å². The summed E-state index contributed by atoms with van der Waals surface area (Å²) in [5.41, 5.74) is 2.36. The number of amides is 3. The first kappa shape index (κ1) is 29.6. The first-order chi connectivity index (χ1) is 18.8. The highest BCUT2D eigenvalue weighted by Gasteiger charge is 2.44. The lowest BCUT2D eigenvalue weighted by molar-refractivity contribution is -0.140. The second-order valence-electron chi connectivity index (χ2n) is 11.5. The number of aryl methyl sites for hydroxylation is 1. The number of nitrogens with zero attached hydrogens (tertiary/aromatic N) is 3. The summed E-state index contributed by atoms with van der Waals surface area (Å²) in [5, 5.41) is 3.28. The van der Waals surface area contributed by atoms with Gasteiger partial charge in [0.2, 0.25) is 11.8 Å². The summed E-state index contributed by atoms with van der Waals surface area (Å²) in [6.45, 7) is 11.1. The highest BCUT2D eigenvalue weighted by molar-refractivity contribution is 6.31. The number of fused-ring (bicyclic) bond motifs is 2. The minimum Gasteiger partial charge on any atom is -0.444 e. The van der Waals surface area contributed by atoms with Gasteiger partial charge in [-0.1, -0.05) is 23.7 Å². The molecule has 2 aromatic carbocycles. The fraction of sp³-hybridized carbons (Fsp3) is 0.433. The minimum absolute atomic E-state index is 0.179. The number of hydrogen-bond acceptors (Lipinski definition) is 5. The zero-order valence-electron chi connectivity index (χ0n) is 23.5. The van der Waals surface area contributed by atoms with Crippen molar-refractivity contribution in [2.45, 2.75) is 58.8 Å². The van der Waals surface area contributed by atoms with E-state index >= 15 is 0 Å². The first-order valence-corrected chi connectivity index (χ1v) is 13.7. The Kier molecular flexibility index (Phi) is 8.85. The molecule has 2 aromatic rings. The van der Waals surface area contributed by atoms with E-state index in [4.69, 9.17) is 16.3 Å². The quantitative estimate of drug-likeness (QED) is 0.506. The average Bonchev–Trinajstić information content (AvgIpc) is 2.84. The van der Waals surface area contributed by atoms with E-state index in [-0.39, 0.29) is 29.7 Å². The van der Waals surface area contributed by atoms with Crippen LogP contribution in [0.15, 0.2) is 42.5 Å². The molecule has 40 heavy (non-hydrogen) atoms. The van der Waals surface area contributed by atoms with Crippen molar-refractivity contribution in [2.24, 2.45) is 0 Å².